The Balaban J connectivity index is 1.92. The summed E-state index contributed by atoms with van der Waals surface area (Å²) in [5, 5.41) is 2.99. The molecule has 1 atom stereocenters. The highest BCUT2D eigenvalue weighted by molar-refractivity contribution is 5.91. The van der Waals surface area contributed by atoms with Crippen molar-refractivity contribution in [2.24, 2.45) is 0 Å². The van der Waals surface area contributed by atoms with Crippen LogP contribution >= 0.6 is 0 Å². The van der Waals surface area contributed by atoms with Gasteiger partial charge in [0.1, 0.15) is 0 Å². The highest BCUT2D eigenvalue weighted by atomic mass is 16.1. The number of anilines is 2. The summed E-state index contributed by atoms with van der Waals surface area (Å²) in [5.74, 6) is 0.267. The molecule has 0 aliphatic carbocycles. The third kappa shape index (κ3) is 4.85. The van der Waals surface area contributed by atoms with E-state index in [2.05, 4.69) is 55.3 Å². The van der Waals surface area contributed by atoms with E-state index in [4.69, 9.17) is 0 Å². The molecule has 1 amide bonds. The van der Waals surface area contributed by atoms with Crippen molar-refractivity contribution in [2.45, 2.75) is 33.1 Å². The molecule has 3 heteroatoms. The second-order valence-electron chi connectivity index (χ2n) is 5.78. The highest BCUT2D eigenvalue weighted by Crippen LogP contribution is 2.21. The van der Waals surface area contributed by atoms with E-state index in [9.17, 15) is 4.79 Å². The van der Waals surface area contributed by atoms with E-state index < -0.39 is 0 Å². The summed E-state index contributed by atoms with van der Waals surface area (Å²) in [6.45, 7) is 8.33. The van der Waals surface area contributed by atoms with Gasteiger partial charge in [-0.3, -0.25) is 4.79 Å². The van der Waals surface area contributed by atoms with Crippen LogP contribution in [0.15, 0.2) is 54.6 Å². The van der Waals surface area contributed by atoms with E-state index in [0.29, 0.717) is 6.42 Å². The van der Waals surface area contributed by atoms with Crippen molar-refractivity contribution < 1.29 is 4.79 Å². The van der Waals surface area contributed by atoms with Crippen molar-refractivity contribution in [1.29, 1.82) is 0 Å². The maximum Gasteiger partial charge on any atom is 0.224 e. The molecular weight excluding hydrogens is 284 g/mol. The maximum atomic E-state index is 12.2. The molecule has 0 bridgehead atoms. The lowest BCUT2D eigenvalue weighted by Crippen LogP contribution is -2.21. The van der Waals surface area contributed by atoms with Gasteiger partial charge in [0.15, 0.2) is 0 Å². The fraction of sp³-hybridized carbons (Fsp3) is 0.350. The third-order valence-corrected chi connectivity index (χ3v) is 4.14. The molecule has 0 aromatic heterocycles. The minimum atomic E-state index is 0.0527. The largest absolute Gasteiger partial charge is 0.372 e. The van der Waals surface area contributed by atoms with E-state index in [-0.39, 0.29) is 11.8 Å². The zero-order valence-corrected chi connectivity index (χ0v) is 14.3. The summed E-state index contributed by atoms with van der Waals surface area (Å²) < 4.78 is 0. The molecule has 0 heterocycles. The Kier molecular flexibility index (Phi) is 6.21. The van der Waals surface area contributed by atoms with Crippen molar-refractivity contribution in [1.82, 2.24) is 0 Å². The van der Waals surface area contributed by atoms with Crippen molar-refractivity contribution in [2.75, 3.05) is 23.3 Å². The number of carbonyl (C=O) groups is 1. The van der Waals surface area contributed by atoms with E-state index in [1.54, 1.807) is 0 Å². The van der Waals surface area contributed by atoms with Crippen LogP contribution in [0.5, 0.6) is 0 Å². The molecule has 0 fully saturated rings. The molecule has 0 aliphatic heterocycles. The summed E-state index contributed by atoms with van der Waals surface area (Å²) in [7, 11) is 0. The first-order chi connectivity index (χ1) is 11.1. The molecule has 3 nitrogen and oxygen atoms in total. The van der Waals surface area contributed by atoms with E-state index in [1.807, 2.05) is 30.3 Å². The van der Waals surface area contributed by atoms with Gasteiger partial charge in [0.25, 0.3) is 0 Å². The molecule has 2 aromatic rings. The van der Waals surface area contributed by atoms with Crippen LogP contribution in [0.2, 0.25) is 0 Å². The van der Waals surface area contributed by atoms with Gasteiger partial charge in [-0.25, -0.2) is 0 Å². The van der Waals surface area contributed by atoms with E-state index in [1.165, 1.54) is 11.3 Å². The van der Waals surface area contributed by atoms with Gasteiger partial charge in [-0.05, 0) is 49.6 Å². The number of nitrogens with zero attached hydrogens (tertiary/aromatic N) is 1. The molecule has 0 aliphatic rings. The van der Waals surface area contributed by atoms with Gasteiger partial charge >= 0.3 is 0 Å². The van der Waals surface area contributed by atoms with E-state index >= 15 is 0 Å². The number of amides is 1. The molecule has 122 valence electrons. The fourth-order valence-corrected chi connectivity index (χ4v) is 2.73. The van der Waals surface area contributed by atoms with Gasteiger partial charge in [0.2, 0.25) is 5.91 Å². The van der Waals surface area contributed by atoms with Crippen LogP contribution in [0.3, 0.4) is 0 Å². The van der Waals surface area contributed by atoms with Crippen LogP contribution in [-0.4, -0.2) is 19.0 Å². The second-order valence-corrected chi connectivity index (χ2v) is 5.78. The van der Waals surface area contributed by atoms with Gasteiger partial charge in [-0.2, -0.15) is 0 Å². The first-order valence-corrected chi connectivity index (χ1v) is 8.33. The van der Waals surface area contributed by atoms with Crippen molar-refractivity contribution >= 4 is 17.3 Å². The summed E-state index contributed by atoms with van der Waals surface area (Å²) in [4.78, 5) is 14.5. The Labute approximate surface area is 139 Å². The number of hydrogen-bond donors (Lipinski definition) is 1. The first kappa shape index (κ1) is 17.1. The molecule has 0 unspecified atom stereocenters. The standard InChI is InChI=1S/C20H26N2O/c1-4-22(5-2)19-13-11-18(12-14-19)21-20(23)15-16(3)17-9-7-6-8-10-17/h6-14,16H,4-5,15H2,1-3H3,(H,21,23)/t16-/m0/s1. The minimum Gasteiger partial charge on any atom is -0.372 e. The molecule has 1 N–H and O–H groups in total. The number of rotatable bonds is 7. The summed E-state index contributed by atoms with van der Waals surface area (Å²) in [6.07, 6.45) is 0.488. The number of hydrogen-bond acceptors (Lipinski definition) is 2. The van der Waals surface area contributed by atoms with Crippen LogP contribution in [0.4, 0.5) is 11.4 Å². The van der Waals surface area contributed by atoms with Gasteiger partial charge in [-0.1, -0.05) is 37.3 Å². The predicted molar refractivity (Wildman–Crippen MR) is 98.1 cm³/mol. The molecule has 0 radical (unpaired) electrons. The van der Waals surface area contributed by atoms with Gasteiger partial charge in [-0.15, -0.1) is 0 Å². The average Bonchev–Trinajstić information content (AvgIpc) is 2.58. The van der Waals surface area contributed by atoms with Crippen LogP contribution in [0, 0.1) is 0 Å². The Morgan fingerprint density at radius 1 is 1.00 bits per heavy atom. The van der Waals surface area contributed by atoms with Gasteiger partial charge in [0.05, 0.1) is 0 Å². The number of nitrogens with one attached hydrogen (secondary N) is 1. The lowest BCUT2D eigenvalue weighted by atomic mass is 9.97. The molecule has 0 spiro atoms. The Morgan fingerprint density at radius 2 is 1.61 bits per heavy atom. The zero-order chi connectivity index (χ0) is 16.7. The molecule has 23 heavy (non-hydrogen) atoms. The normalized spacial score (nSPS) is 11.8. The summed E-state index contributed by atoms with van der Waals surface area (Å²) in [5.41, 5.74) is 3.23. The van der Waals surface area contributed by atoms with Gasteiger partial charge < -0.3 is 10.2 Å². The molecule has 0 saturated heterocycles. The molecular formula is C20H26N2O. The summed E-state index contributed by atoms with van der Waals surface area (Å²) >= 11 is 0. The molecule has 0 saturated carbocycles. The third-order valence-electron chi connectivity index (χ3n) is 4.14. The molecule has 2 aromatic carbocycles. The van der Waals surface area contributed by atoms with Crippen molar-refractivity contribution in [3.8, 4) is 0 Å². The second kappa shape index (κ2) is 8.37. The van der Waals surface area contributed by atoms with Crippen molar-refractivity contribution in [3.63, 3.8) is 0 Å². The SMILES string of the molecule is CCN(CC)c1ccc(NC(=O)C[C@H](C)c2ccccc2)cc1. The Hall–Kier alpha value is -2.29. The number of benzene rings is 2. The molecule has 2 rings (SSSR count). The van der Waals surface area contributed by atoms with Crippen LogP contribution < -0.4 is 10.2 Å². The Bertz CT molecular complexity index is 603. The first-order valence-electron chi connectivity index (χ1n) is 8.33. The predicted octanol–water partition coefficient (Wildman–Crippen LogP) is 4.67. The zero-order valence-electron chi connectivity index (χ0n) is 14.3. The average molecular weight is 310 g/mol. The smallest absolute Gasteiger partial charge is 0.224 e. The highest BCUT2D eigenvalue weighted by Gasteiger charge is 2.11. The lowest BCUT2D eigenvalue weighted by Gasteiger charge is -2.21. The summed E-state index contributed by atoms with van der Waals surface area (Å²) in [6, 6.07) is 18.2. The van der Waals surface area contributed by atoms with Crippen molar-refractivity contribution in [3.05, 3.63) is 60.2 Å². The fourth-order valence-electron chi connectivity index (χ4n) is 2.73. The van der Waals surface area contributed by atoms with Crippen LogP contribution in [0.25, 0.3) is 0 Å². The number of carbonyl (C=O) groups excluding carboxylic acids is 1. The maximum absolute atomic E-state index is 12.2. The van der Waals surface area contributed by atoms with E-state index in [0.717, 1.165) is 18.8 Å². The minimum absolute atomic E-state index is 0.0527. The lowest BCUT2D eigenvalue weighted by molar-refractivity contribution is -0.116. The Morgan fingerprint density at radius 3 is 2.17 bits per heavy atom. The van der Waals surface area contributed by atoms with Gasteiger partial charge in [0, 0.05) is 30.9 Å². The van der Waals surface area contributed by atoms with Crippen LogP contribution in [0.1, 0.15) is 38.7 Å². The quantitative estimate of drug-likeness (QED) is 0.806. The topological polar surface area (TPSA) is 32.3 Å². The monoisotopic (exact) mass is 310 g/mol. The van der Waals surface area contributed by atoms with Crippen LogP contribution in [-0.2, 0) is 4.79 Å².